The zero-order chi connectivity index (χ0) is 23.5. The van der Waals surface area contributed by atoms with Crippen molar-refractivity contribution in [2.45, 2.75) is 13.5 Å². The maximum Gasteiger partial charge on any atom is 0.255 e. The Kier molecular flexibility index (Phi) is 7.23. The van der Waals surface area contributed by atoms with Gasteiger partial charge in [-0.2, -0.15) is 0 Å². The molecule has 3 aromatic rings. The Morgan fingerprint density at radius 3 is 2.06 bits per heavy atom. The molecule has 3 rings (SSSR count). The zero-order valence-corrected chi connectivity index (χ0v) is 19.6. The molecule has 0 saturated heterocycles. The average Bonchev–Trinajstić information content (AvgIpc) is 2.73. The number of anilines is 2. The predicted molar refractivity (Wildman–Crippen MR) is 128 cm³/mol. The van der Waals surface area contributed by atoms with E-state index in [-0.39, 0.29) is 12.3 Å². The quantitative estimate of drug-likeness (QED) is 0.448. The second-order valence-electron chi connectivity index (χ2n) is 7.11. The molecule has 9 heteroatoms. The lowest BCUT2D eigenvalue weighted by atomic mass is 10.1. The van der Waals surface area contributed by atoms with Crippen molar-refractivity contribution in [1.29, 1.82) is 0 Å². The summed E-state index contributed by atoms with van der Waals surface area (Å²) in [4.78, 5) is 24.1. The van der Waals surface area contributed by atoms with Gasteiger partial charge in [0.05, 0.1) is 18.5 Å². The molecule has 0 atom stereocenters. The van der Waals surface area contributed by atoms with Gasteiger partial charge in [-0.3, -0.25) is 13.9 Å². The van der Waals surface area contributed by atoms with E-state index < -0.39 is 15.9 Å². The van der Waals surface area contributed by atoms with E-state index >= 15 is 0 Å². The Morgan fingerprint density at radius 1 is 0.906 bits per heavy atom. The molecule has 32 heavy (non-hydrogen) atoms. The summed E-state index contributed by atoms with van der Waals surface area (Å²) in [5.74, 6) is -0.498. The minimum absolute atomic E-state index is 0.0548. The van der Waals surface area contributed by atoms with Crippen LogP contribution in [0.2, 0.25) is 10.0 Å². The number of amides is 1. The van der Waals surface area contributed by atoms with Gasteiger partial charge >= 0.3 is 0 Å². The van der Waals surface area contributed by atoms with E-state index in [1.54, 1.807) is 42.5 Å². The van der Waals surface area contributed by atoms with E-state index in [0.29, 0.717) is 38.1 Å². The van der Waals surface area contributed by atoms with Crippen LogP contribution >= 0.6 is 23.2 Å². The lowest BCUT2D eigenvalue weighted by Gasteiger charge is -2.23. The Balaban J connectivity index is 1.84. The molecule has 0 aliphatic rings. The van der Waals surface area contributed by atoms with E-state index in [1.807, 2.05) is 0 Å². The van der Waals surface area contributed by atoms with Crippen molar-refractivity contribution in [3.8, 4) is 0 Å². The highest BCUT2D eigenvalue weighted by atomic mass is 35.5. The first-order valence-electron chi connectivity index (χ1n) is 9.49. The van der Waals surface area contributed by atoms with Crippen molar-refractivity contribution in [1.82, 2.24) is 0 Å². The molecular weight excluding hydrogens is 471 g/mol. The number of benzene rings is 3. The van der Waals surface area contributed by atoms with Gasteiger partial charge in [-0.15, -0.1) is 0 Å². The summed E-state index contributed by atoms with van der Waals surface area (Å²) in [6.45, 7) is 1.39. The molecule has 0 fully saturated rings. The molecule has 0 heterocycles. The lowest BCUT2D eigenvalue weighted by Crippen LogP contribution is -2.29. The minimum atomic E-state index is -3.66. The van der Waals surface area contributed by atoms with Crippen molar-refractivity contribution >= 4 is 56.3 Å². The maximum absolute atomic E-state index is 12.6. The molecule has 1 N–H and O–H groups in total. The molecule has 3 aromatic carbocycles. The second-order valence-corrected chi connectivity index (χ2v) is 9.83. The summed E-state index contributed by atoms with van der Waals surface area (Å²) >= 11 is 12.4. The smallest absolute Gasteiger partial charge is 0.255 e. The molecule has 0 spiro atoms. The highest BCUT2D eigenvalue weighted by Gasteiger charge is 2.21. The fraction of sp³-hybridized carbons (Fsp3) is 0.130. The molecule has 1 amide bonds. The Bertz CT molecular complexity index is 1260. The fourth-order valence-electron chi connectivity index (χ4n) is 3.03. The topological polar surface area (TPSA) is 83.6 Å². The maximum atomic E-state index is 12.6. The average molecular weight is 491 g/mol. The summed E-state index contributed by atoms with van der Waals surface area (Å²) in [6.07, 6.45) is 1.08. The van der Waals surface area contributed by atoms with Gasteiger partial charge in [0.2, 0.25) is 10.0 Å². The first-order chi connectivity index (χ1) is 15.1. The van der Waals surface area contributed by atoms with Gasteiger partial charge in [-0.1, -0.05) is 41.4 Å². The molecule has 0 aliphatic heterocycles. The van der Waals surface area contributed by atoms with Gasteiger partial charge in [0, 0.05) is 32.4 Å². The van der Waals surface area contributed by atoms with E-state index in [9.17, 15) is 18.0 Å². The number of hydrogen-bond acceptors (Lipinski definition) is 4. The first-order valence-corrected chi connectivity index (χ1v) is 12.1. The van der Waals surface area contributed by atoms with Crippen molar-refractivity contribution in [3.63, 3.8) is 0 Å². The van der Waals surface area contributed by atoms with Crippen LogP contribution in [0.15, 0.2) is 66.7 Å². The van der Waals surface area contributed by atoms with E-state index in [0.717, 1.165) is 10.6 Å². The van der Waals surface area contributed by atoms with Gasteiger partial charge in [0.25, 0.3) is 5.91 Å². The summed E-state index contributed by atoms with van der Waals surface area (Å²) < 4.78 is 26.0. The number of nitrogens with one attached hydrogen (secondary N) is 1. The van der Waals surface area contributed by atoms with Crippen LogP contribution in [-0.2, 0) is 16.6 Å². The van der Waals surface area contributed by atoms with Crippen molar-refractivity contribution < 1.29 is 18.0 Å². The molecule has 0 aromatic heterocycles. The third-order valence-electron chi connectivity index (χ3n) is 4.71. The van der Waals surface area contributed by atoms with Crippen molar-refractivity contribution in [3.05, 3.63) is 93.5 Å². The Hall–Kier alpha value is -2.87. The highest BCUT2D eigenvalue weighted by molar-refractivity contribution is 7.92. The summed E-state index contributed by atoms with van der Waals surface area (Å²) in [5.41, 5.74) is 2.14. The molecular formula is C23H20Cl2N2O4S. The number of carbonyl (C=O) groups excluding carboxylic acids is 2. The monoisotopic (exact) mass is 490 g/mol. The van der Waals surface area contributed by atoms with Gasteiger partial charge in [0.1, 0.15) is 0 Å². The van der Waals surface area contributed by atoms with E-state index in [2.05, 4.69) is 5.32 Å². The molecule has 0 aliphatic carbocycles. The van der Waals surface area contributed by atoms with Crippen molar-refractivity contribution in [2.75, 3.05) is 15.9 Å². The first kappa shape index (κ1) is 23.8. The number of Topliss-reactive ketones (excluding diaryl/α,β-unsaturated/α-hetero) is 1. The summed E-state index contributed by atoms with van der Waals surface area (Å²) in [6, 6.07) is 17.7. The number of sulfonamides is 1. The highest BCUT2D eigenvalue weighted by Crippen LogP contribution is 2.29. The summed E-state index contributed by atoms with van der Waals surface area (Å²) in [7, 11) is -3.66. The minimum Gasteiger partial charge on any atom is -0.322 e. The molecule has 0 bridgehead atoms. The lowest BCUT2D eigenvalue weighted by molar-refractivity contribution is 0.101. The van der Waals surface area contributed by atoms with Crippen LogP contribution < -0.4 is 9.62 Å². The summed E-state index contributed by atoms with van der Waals surface area (Å²) in [5, 5.41) is 3.44. The zero-order valence-electron chi connectivity index (χ0n) is 17.3. The van der Waals surface area contributed by atoms with Crippen LogP contribution in [0.25, 0.3) is 0 Å². The van der Waals surface area contributed by atoms with Gasteiger partial charge in [-0.05, 0) is 55.5 Å². The molecule has 6 nitrogen and oxygen atoms in total. The standard InChI is InChI=1S/C23H20Cl2N2O4S/c1-15(28)17-5-3-6-18(13-17)26-23(29)16-9-11-19(12-10-16)27(32(2,30)31)14-20-21(24)7-4-8-22(20)25/h3-13H,14H2,1-2H3,(H,26,29). The normalized spacial score (nSPS) is 11.1. The Morgan fingerprint density at radius 2 is 1.50 bits per heavy atom. The van der Waals surface area contributed by atoms with Crippen LogP contribution in [0.5, 0.6) is 0 Å². The number of halogens is 2. The van der Waals surface area contributed by atoms with Crippen LogP contribution in [-0.4, -0.2) is 26.4 Å². The predicted octanol–water partition coefficient (Wildman–Crippen LogP) is 5.41. The van der Waals surface area contributed by atoms with Crippen LogP contribution in [0.4, 0.5) is 11.4 Å². The molecule has 0 radical (unpaired) electrons. The SMILES string of the molecule is CC(=O)c1cccc(NC(=O)c2ccc(N(Cc3c(Cl)cccc3Cl)S(C)(=O)=O)cc2)c1. The van der Waals surface area contributed by atoms with E-state index in [4.69, 9.17) is 23.2 Å². The molecule has 166 valence electrons. The van der Waals surface area contributed by atoms with Crippen LogP contribution in [0.1, 0.15) is 33.2 Å². The largest absolute Gasteiger partial charge is 0.322 e. The van der Waals surface area contributed by atoms with E-state index in [1.165, 1.54) is 31.2 Å². The Labute approximate surface area is 196 Å². The fourth-order valence-corrected chi connectivity index (χ4v) is 4.41. The number of carbonyl (C=O) groups is 2. The second kappa shape index (κ2) is 9.73. The van der Waals surface area contributed by atoms with Gasteiger partial charge in [0.15, 0.2) is 5.78 Å². The van der Waals surface area contributed by atoms with Crippen LogP contribution in [0.3, 0.4) is 0 Å². The van der Waals surface area contributed by atoms with Crippen LogP contribution in [0, 0.1) is 0 Å². The van der Waals surface area contributed by atoms with Gasteiger partial charge < -0.3 is 5.32 Å². The molecule has 0 unspecified atom stereocenters. The third-order valence-corrected chi connectivity index (χ3v) is 6.56. The number of nitrogens with zero attached hydrogens (tertiary/aromatic N) is 1. The number of rotatable bonds is 7. The number of hydrogen-bond donors (Lipinski definition) is 1. The van der Waals surface area contributed by atoms with Crippen molar-refractivity contribution in [2.24, 2.45) is 0 Å². The number of ketones is 1. The third kappa shape index (κ3) is 5.68. The van der Waals surface area contributed by atoms with Gasteiger partial charge in [-0.25, -0.2) is 8.42 Å². The molecule has 0 saturated carbocycles.